The highest BCUT2D eigenvalue weighted by Gasteiger charge is 2.65. The second kappa shape index (κ2) is 11.6. The third-order valence-corrected chi connectivity index (χ3v) is 9.17. The summed E-state index contributed by atoms with van der Waals surface area (Å²) in [7, 11) is 0. The predicted molar refractivity (Wildman–Crippen MR) is 177 cm³/mol. The maximum Gasteiger partial charge on any atom is 0.410 e. The van der Waals surface area contributed by atoms with Gasteiger partial charge >= 0.3 is 6.09 Å². The second-order valence-electron chi connectivity index (χ2n) is 13.9. The lowest BCUT2D eigenvalue weighted by atomic mass is 10.0. The van der Waals surface area contributed by atoms with Crippen molar-refractivity contribution in [3.05, 3.63) is 66.5 Å². The molecule has 10 nitrogen and oxygen atoms in total. The first kappa shape index (κ1) is 30.0. The molecule has 2 N–H and O–H groups in total. The molecule has 10 heteroatoms. The number of anilines is 2. The number of rotatable bonds is 7. The first-order chi connectivity index (χ1) is 22.1. The fraction of sp³-hybridized carbons (Fsp3) is 0.417. The molecule has 0 radical (unpaired) electrons. The van der Waals surface area contributed by atoms with Gasteiger partial charge in [-0.05, 0) is 95.0 Å². The van der Waals surface area contributed by atoms with Crippen molar-refractivity contribution in [2.75, 3.05) is 23.7 Å². The molecular formula is C36H40N6O4. The smallest absolute Gasteiger partial charge is 0.410 e. The van der Waals surface area contributed by atoms with Crippen LogP contribution in [0.3, 0.4) is 0 Å². The molecule has 238 valence electrons. The van der Waals surface area contributed by atoms with E-state index >= 15 is 0 Å². The van der Waals surface area contributed by atoms with Gasteiger partial charge < -0.3 is 25.0 Å². The first-order valence-electron chi connectivity index (χ1n) is 16.1. The van der Waals surface area contributed by atoms with E-state index in [0.717, 1.165) is 46.8 Å². The summed E-state index contributed by atoms with van der Waals surface area (Å²) in [6.07, 6.45) is 8.18. The third kappa shape index (κ3) is 6.21. The van der Waals surface area contributed by atoms with Gasteiger partial charge in [0.15, 0.2) is 0 Å². The van der Waals surface area contributed by atoms with Crippen molar-refractivity contribution in [1.82, 2.24) is 19.9 Å². The molecule has 1 spiro atoms. The van der Waals surface area contributed by atoms with E-state index in [9.17, 15) is 9.59 Å². The van der Waals surface area contributed by atoms with Crippen molar-refractivity contribution in [2.24, 2.45) is 11.3 Å². The molecule has 2 aliphatic carbocycles. The number of amides is 2. The van der Waals surface area contributed by atoms with Gasteiger partial charge in [0.2, 0.25) is 17.7 Å². The molecule has 2 aromatic carbocycles. The summed E-state index contributed by atoms with van der Waals surface area (Å²) >= 11 is 0. The van der Waals surface area contributed by atoms with Crippen LogP contribution < -0.4 is 15.4 Å². The van der Waals surface area contributed by atoms with Crippen LogP contribution >= 0.6 is 0 Å². The van der Waals surface area contributed by atoms with Gasteiger partial charge in [-0.1, -0.05) is 24.3 Å². The minimum Gasteiger partial charge on any atom is -0.444 e. The van der Waals surface area contributed by atoms with Crippen molar-refractivity contribution in [1.29, 1.82) is 0 Å². The zero-order valence-electron chi connectivity index (χ0n) is 26.8. The van der Waals surface area contributed by atoms with E-state index in [4.69, 9.17) is 14.5 Å². The zero-order valence-corrected chi connectivity index (χ0v) is 26.8. The average molecular weight is 621 g/mol. The molecule has 3 fully saturated rings. The lowest BCUT2D eigenvalue weighted by molar-refractivity contribution is -0.117. The van der Waals surface area contributed by atoms with Gasteiger partial charge in [0, 0.05) is 53.9 Å². The Hall–Kier alpha value is -4.73. The third-order valence-electron chi connectivity index (χ3n) is 9.17. The molecule has 3 heterocycles. The molecule has 3 aliphatic rings. The number of likely N-dealkylation sites (tertiary alicyclic amines) is 1. The molecular weight excluding hydrogens is 580 g/mol. The summed E-state index contributed by atoms with van der Waals surface area (Å²) in [6.45, 7) is 8.78. The number of aromatic nitrogens is 3. The molecule has 2 saturated carbocycles. The van der Waals surface area contributed by atoms with Gasteiger partial charge in [-0.25, -0.2) is 19.7 Å². The number of piperidine rings is 1. The predicted octanol–water partition coefficient (Wildman–Crippen LogP) is 7.34. The maximum absolute atomic E-state index is 13.0. The average Bonchev–Trinajstić information content (AvgIpc) is 3.96. The van der Waals surface area contributed by atoms with Crippen LogP contribution in [0.2, 0.25) is 0 Å². The number of ether oxygens (including phenoxy) is 2. The number of nitrogens with zero attached hydrogens (tertiary/aromatic N) is 4. The number of fused-ring (bicyclic) bond motifs is 1. The summed E-state index contributed by atoms with van der Waals surface area (Å²) in [5, 5.41) is 8.41. The molecule has 7 rings (SSSR count). The van der Waals surface area contributed by atoms with Crippen molar-refractivity contribution in [2.45, 2.75) is 71.4 Å². The lowest BCUT2D eigenvalue weighted by Gasteiger charge is -2.34. The van der Waals surface area contributed by atoms with Crippen molar-refractivity contribution < 1.29 is 19.1 Å². The Morgan fingerprint density at radius 3 is 2.63 bits per heavy atom. The van der Waals surface area contributed by atoms with Crippen LogP contribution in [0.4, 0.5) is 16.4 Å². The summed E-state index contributed by atoms with van der Waals surface area (Å²) in [5.41, 5.74) is 2.86. The van der Waals surface area contributed by atoms with Crippen LogP contribution in [0, 0.1) is 18.3 Å². The summed E-state index contributed by atoms with van der Waals surface area (Å²) in [5.74, 6) is 1.80. The summed E-state index contributed by atoms with van der Waals surface area (Å²) in [6, 6.07) is 15.5. The number of pyridine rings is 1. The number of hydrogen-bond acceptors (Lipinski definition) is 8. The normalized spacial score (nSPS) is 19.9. The minimum absolute atomic E-state index is 0.0103. The van der Waals surface area contributed by atoms with Gasteiger partial charge in [-0.3, -0.25) is 4.79 Å². The SMILES string of the molecule is Cc1ccc2c(NC(=O)[C@H]3CC34CC4)cccc2c1Oc1ncccc1-c1ccnc(N[C@H]2CCCN(C(=O)OC(C)(C)C)C2)n1. The number of carbonyl (C=O) groups excluding carboxylic acids is 2. The van der Waals surface area contributed by atoms with Crippen LogP contribution in [-0.2, 0) is 9.53 Å². The molecule has 1 aliphatic heterocycles. The van der Waals surface area contributed by atoms with Crippen LogP contribution in [0.1, 0.15) is 58.4 Å². The van der Waals surface area contributed by atoms with Crippen molar-refractivity contribution in [3.8, 4) is 22.9 Å². The first-order valence-corrected chi connectivity index (χ1v) is 16.1. The minimum atomic E-state index is -0.545. The molecule has 2 aromatic heterocycles. The quantitative estimate of drug-likeness (QED) is 0.220. The summed E-state index contributed by atoms with van der Waals surface area (Å²) < 4.78 is 12.2. The van der Waals surface area contributed by atoms with Crippen LogP contribution in [0.25, 0.3) is 22.0 Å². The highest BCUT2D eigenvalue weighted by Crippen LogP contribution is 2.70. The van der Waals surface area contributed by atoms with Gasteiger partial charge in [0.05, 0.1) is 11.3 Å². The zero-order chi connectivity index (χ0) is 32.1. The van der Waals surface area contributed by atoms with Gasteiger partial charge in [-0.15, -0.1) is 0 Å². The Bertz CT molecular complexity index is 1810. The highest BCUT2D eigenvalue weighted by molar-refractivity contribution is 6.06. The topological polar surface area (TPSA) is 119 Å². The number of aryl methyl sites for hydroxylation is 1. The van der Waals surface area contributed by atoms with Crippen molar-refractivity contribution in [3.63, 3.8) is 0 Å². The van der Waals surface area contributed by atoms with Crippen LogP contribution in [0.5, 0.6) is 11.6 Å². The van der Waals surface area contributed by atoms with Crippen LogP contribution in [0.15, 0.2) is 60.9 Å². The Labute approximate surface area is 268 Å². The number of nitrogens with one attached hydrogen (secondary N) is 2. The molecule has 0 unspecified atom stereocenters. The van der Waals surface area contributed by atoms with Crippen LogP contribution in [-0.4, -0.2) is 56.6 Å². The Morgan fingerprint density at radius 2 is 1.85 bits per heavy atom. The van der Waals surface area contributed by atoms with Gasteiger partial charge in [0.25, 0.3) is 0 Å². The van der Waals surface area contributed by atoms with E-state index in [0.29, 0.717) is 41.8 Å². The van der Waals surface area contributed by atoms with Crippen molar-refractivity contribution >= 4 is 34.4 Å². The van der Waals surface area contributed by atoms with E-state index in [-0.39, 0.29) is 24.0 Å². The molecule has 1 saturated heterocycles. The van der Waals surface area contributed by atoms with E-state index in [1.165, 1.54) is 12.8 Å². The molecule has 46 heavy (non-hydrogen) atoms. The Morgan fingerprint density at radius 1 is 1.00 bits per heavy atom. The van der Waals surface area contributed by atoms with E-state index in [1.54, 1.807) is 17.3 Å². The largest absolute Gasteiger partial charge is 0.444 e. The van der Waals surface area contributed by atoms with Gasteiger partial charge in [-0.2, -0.15) is 0 Å². The molecule has 0 bridgehead atoms. The van der Waals surface area contributed by atoms with Gasteiger partial charge in [0.1, 0.15) is 11.4 Å². The summed E-state index contributed by atoms with van der Waals surface area (Å²) in [4.78, 5) is 41.3. The second-order valence-corrected chi connectivity index (χ2v) is 13.9. The molecule has 2 atom stereocenters. The standard InChI is InChI=1S/C36H40N6O4/c1-22-12-13-24-25(9-5-11-28(24)40-31(43)27-20-36(27)15-16-36)30(22)45-32-26(10-6-17-37-32)29-14-18-38-33(41-29)39-23-8-7-19-42(21-23)34(44)46-35(2,3)4/h5-6,9-14,17-18,23,27H,7-8,15-16,19-21H2,1-4H3,(H,40,43)(H,38,39,41)/t23-,27+/m0/s1. The fourth-order valence-corrected chi connectivity index (χ4v) is 6.45. The van der Waals surface area contributed by atoms with E-state index in [2.05, 4.69) is 20.6 Å². The highest BCUT2D eigenvalue weighted by atomic mass is 16.6. The monoisotopic (exact) mass is 620 g/mol. The Balaban J connectivity index is 1.11. The van der Waals surface area contributed by atoms with E-state index in [1.807, 2.05) is 76.2 Å². The Kier molecular flexibility index (Phi) is 7.53. The number of carbonyl (C=O) groups is 2. The van der Waals surface area contributed by atoms with E-state index < -0.39 is 5.60 Å². The fourth-order valence-electron chi connectivity index (χ4n) is 6.45. The number of benzene rings is 2. The maximum atomic E-state index is 13.0. The number of hydrogen-bond donors (Lipinski definition) is 2. The lowest BCUT2D eigenvalue weighted by Crippen LogP contribution is -2.47. The molecule has 4 aromatic rings. The molecule has 2 amide bonds.